The van der Waals surface area contributed by atoms with E-state index in [0.29, 0.717) is 5.91 Å². The third kappa shape index (κ3) is 2.92. The fourth-order valence-corrected chi connectivity index (χ4v) is 4.39. The summed E-state index contributed by atoms with van der Waals surface area (Å²) in [5.74, 6) is 1.19. The van der Waals surface area contributed by atoms with E-state index in [1.54, 1.807) is 0 Å². The summed E-state index contributed by atoms with van der Waals surface area (Å²) in [6.07, 6.45) is 9.49. The summed E-state index contributed by atoms with van der Waals surface area (Å²) in [6, 6.07) is 0. The van der Waals surface area contributed by atoms with Crippen LogP contribution >= 0.6 is 15.9 Å². The van der Waals surface area contributed by atoms with Crippen LogP contribution in [0, 0.1) is 11.3 Å². The van der Waals surface area contributed by atoms with Crippen LogP contribution in [0.25, 0.3) is 0 Å². The average Bonchev–Trinajstić information content (AvgIpc) is 2.88. The molecule has 0 aromatic heterocycles. The van der Waals surface area contributed by atoms with E-state index in [0.717, 1.165) is 43.6 Å². The van der Waals surface area contributed by atoms with Crippen molar-refractivity contribution in [2.24, 2.45) is 11.3 Å². The van der Waals surface area contributed by atoms with Crippen molar-refractivity contribution in [1.82, 2.24) is 4.90 Å². The van der Waals surface area contributed by atoms with Gasteiger partial charge in [-0.05, 0) is 44.4 Å². The topological polar surface area (TPSA) is 20.3 Å². The van der Waals surface area contributed by atoms with Crippen LogP contribution in [0.4, 0.5) is 0 Å². The van der Waals surface area contributed by atoms with Gasteiger partial charge in [0.1, 0.15) is 0 Å². The highest BCUT2D eigenvalue weighted by Gasteiger charge is 2.42. The van der Waals surface area contributed by atoms with Gasteiger partial charge in [-0.15, -0.1) is 0 Å². The lowest BCUT2D eigenvalue weighted by molar-refractivity contribution is -0.144. The normalized spacial score (nSPS) is 27.4. The van der Waals surface area contributed by atoms with Gasteiger partial charge in [0.15, 0.2) is 0 Å². The molecule has 1 heterocycles. The lowest BCUT2D eigenvalue weighted by Crippen LogP contribution is -2.47. The molecular formula is C15H26BrNO. The quantitative estimate of drug-likeness (QED) is 0.718. The number of hydrogen-bond acceptors (Lipinski definition) is 1. The number of hydrogen-bond donors (Lipinski definition) is 0. The largest absolute Gasteiger partial charge is 0.342 e. The maximum atomic E-state index is 12.8. The molecule has 1 atom stereocenters. The minimum Gasteiger partial charge on any atom is -0.342 e. The Labute approximate surface area is 120 Å². The van der Waals surface area contributed by atoms with Gasteiger partial charge in [-0.25, -0.2) is 0 Å². The number of piperidine rings is 1. The summed E-state index contributed by atoms with van der Waals surface area (Å²) < 4.78 is 0. The fraction of sp³-hybridized carbons (Fsp3) is 0.933. The second-order valence-electron chi connectivity index (χ2n) is 6.08. The highest BCUT2D eigenvalue weighted by Crippen LogP contribution is 2.43. The van der Waals surface area contributed by atoms with E-state index < -0.39 is 0 Å². The van der Waals surface area contributed by atoms with Crippen LogP contribution < -0.4 is 0 Å². The molecule has 1 amide bonds. The fourth-order valence-electron chi connectivity index (χ4n) is 3.75. The lowest BCUT2D eigenvalue weighted by atomic mass is 9.81. The summed E-state index contributed by atoms with van der Waals surface area (Å²) in [4.78, 5) is 15.0. The number of halogens is 1. The number of carbonyl (C=O) groups is 1. The van der Waals surface area contributed by atoms with Crippen molar-refractivity contribution in [3.8, 4) is 0 Å². The van der Waals surface area contributed by atoms with Gasteiger partial charge in [0.2, 0.25) is 5.91 Å². The first kappa shape index (κ1) is 14.4. The zero-order valence-electron chi connectivity index (χ0n) is 11.6. The van der Waals surface area contributed by atoms with Crippen LogP contribution in [-0.2, 0) is 4.79 Å². The molecule has 2 rings (SSSR count). The van der Waals surface area contributed by atoms with Crippen LogP contribution in [0.2, 0.25) is 0 Å². The zero-order chi connectivity index (χ0) is 13.0. The monoisotopic (exact) mass is 315 g/mol. The first-order valence-electron chi connectivity index (χ1n) is 7.57. The molecule has 1 saturated carbocycles. The molecule has 0 bridgehead atoms. The Bertz CT molecular complexity index is 284. The van der Waals surface area contributed by atoms with E-state index in [2.05, 4.69) is 27.8 Å². The summed E-state index contributed by atoms with van der Waals surface area (Å²) in [7, 11) is 0. The molecule has 2 aliphatic rings. The molecule has 2 fully saturated rings. The smallest absolute Gasteiger partial charge is 0.228 e. The molecule has 2 nitrogen and oxygen atoms in total. The minimum atomic E-state index is 0.0102. The lowest BCUT2D eigenvalue weighted by Gasteiger charge is -2.38. The van der Waals surface area contributed by atoms with E-state index in [-0.39, 0.29) is 5.41 Å². The standard InChI is InChI=1S/C15H26BrNO/c1-2-15(8-3-4-9-15)14(18)17-11-5-6-13(12-17)7-10-16/h13H,2-12H2,1H3. The van der Waals surface area contributed by atoms with Crippen molar-refractivity contribution in [3.63, 3.8) is 0 Å². The van der Waals surface area contributed by atoms with Crippen molar-refractivity contribution in [1.29, 1.82) is 0 Å². The molecule has 1 unspecified atom stereocenters. The Morgan fingerprint density at radius 1 is 1.33 bits per heavy atom. The highest BCUT2D eigenvalue weighted by atomic mass is 79.9. The van der Waals surface area contributed by atoms with Crippen molar-refractivity contribution in [2.45, 2.75) is 58.3 Å². The Kier molecular flexibility index (Phi) is 5.11. The van der Waals surface area contributed by atoms with Gasteiger partial charge in [0.05, 0.1) is 0 Å². The first-order valence-corrected chi connectivity index (χ1v) is 8.69. The van der Waals surface area contributed by atoms with E-state index in [1.807, 2.05) is 0 Å². The van der Waals surface area contributed by atoms with Gasteiger partial charge in [-0.1, -0.05) is 35.7 Å². The third-order valence-corrected chi connectivity index (χ3v) is 5.47. The molecule has 0 aromatic rings. The molecule has 18 heavy (non-hydrogen) atoms. The minimum absolute atomic E-state index is 0.0102. The zero-order valence-corrected chi connectivity index (χ0v) is 13.2. The van der Waals surface area contributed by atoms with Crippen LogP contribution in [0.1, 0.15) is 58.3 Å². The molecule has 1 aliphatic heterocycles. The summed E-state index contributed by atoms with van der Waals surface area (Å²) in [6.45, 7) is 4.20. The van der Waals surface area contributed by atoms with Crippen LogP contribution in [0.15, 0.2) is 0 Å². The highest BCUT2D eigenvalue weighted by molar-refractivity contribution is 9.09. The average molecular weight is 316 g/mol. The number of rotatable bonds is 4. The summed E-state index contributed by atoms with van der Waals surface area (Å²) in [5.41, 5.74) is 0.0102. The Morgan fingerprint density at radius 3 is 2.67 bits per heavy atom. The van der Waals surface area contributed by atoms with Gasteiger partial charge >= 0.3 is 0 Å². The van der Waals surface area contributed by atoms with Gasteiger partial charge < -0.3 is 4.90 Å². The van der Waals surface area contributed by atoms with Crippen molar-refractivity contribution in [3.05, 3.63) is 0 Å². The number of amides is 1. The number of carbonyl (C=O) groups excluding carboxylic acids is 1. The van der Waals surface area contributed by atoms with E-state index >= 15 is 0 Å². The maximum Gasteiger partial charge on any atom is 0.228 e. The molecule has 3 heteroatoms. The number of likely N-dealkylation sites (tertiary alicyclic amines) is 1. The molecular weight excluding hydrogens is 290 g/mol. The predicted octanol–water partition coefficient (Wildman–Crippen LogP) is 3.98. The number of nitrogens with zero attached hydrogens (tertiary/aromatic N) is 1. The van der Waals surface area contributed by atoms with E-state index in [1.165, 1.54) is 32.1 Å². The third-order valence-electron chi connectivity index (χ3n) is 5.01. The molecule has 104 valence electrons. The van der Waals surface area contributed by atoms with Gasteiger partial charge in [0, 0.05) is 23.8 Å². The molecule has 0 radical (unpaired) electrons. The van der Waals surface area contributed by atoms with Crippen LogP contribution in [-0.4, -0.2) is 29.2 Å². The SMILES string of the molecule is CCC1(C(=O)N2CCCC(CCBr)C2)CCCC1. The van der Waals surface area contributed by atoms with Crippen LogP contribution in [0.3, 0.4) is 0 Å². The Morgan fingerprint density at radius 2 is 2.06 bits per heavy atom. The van der Waals surface area contributed by atoms with Crippen molar-refractivity contribution in [2.75, 3.05) is 18.4 Å². The molecule has 1 saturated heterocycles. The van der Waals surface area contributed by atoms with E-state index in [4.69, 9.17) is 0 Å². The first-order chi connectivity index (χ1) is 8.72. The summed E-state index contributed by atoms with van der Waals surface area (Å²) in [5, 5.41) is 1.07. The van der Waals surface area contributed by atoms with Gasteiger partial charge in [-0.3, -0.25) is 4.79 Å². The Hall–Kier alpha value is -0.0500. The second kappa shape index (κ2) is 6.40. The maximum absolute atomic E-state index is 12.8. The molecule has 1 aliphatic carbocycles. The molecule has 0 aromatic carbocycles. The van der Waals surface area contributed by atoms with Crippen molar-refractivity contribution < 1.29 is 4.79 Å². The predicted molar refractivity (Wildman–Crippen MR) is 78.9 cm³/mol. The van der Waals surface area contributed by atoms with Crippen LogP contribution in [0.5, 0.6) is 0 Å². The number of alkyl halides is 1. The molecule has 0 N–H and O–H groups in total. The summed E-state index contributed by atoms with van der Waals surface area (Å²) >= 11 is 3.53. The van der Waals surface area contributed by atoms with Gasteiger partial charge in [0.25, 0.3) is 0 Å². The van der Waals surface area contributed by atoms with Crippen molar-refractivity contribution >= 4 is 21.8 Å². The Balaban J connectivity index is 1.99. The van der Waals surface area contributed by atoms with Gasteiger partial charge in [-0.2, -0.15) is 0 Å². The second-order valence-corrected chi connectivity index (χ2v) is 6.87. The van der Waals surface area contributed by atoms with E-state index in [9.17, 15) is 4.79 Å². The molecule has 0 spiro atoms.